The van der Waals surface area contributed by atoms with E-state index in [1.165, 1.54) is 0 Å². The molecule has 2 aliphatic heterocycles. The van der Waals surface area contributed by atoms with Gasteiger partial charge in [-0.05, 0) is 68.8 Å². The third-order valence-electron chi connectivity index (χ3n) is 5.78. The van der Waals surface area contributed by atoms with Gasteiger partial charge in [0.2, 0.25) is 5.91 Å². The van der Waals surface area contributed by atoms with Crippen molar-refractivity contribution < 1.29 is 14.3 Å². The fourth-order valence-electron chi connectivity index (χ4n) is 4.24. The summed E-state index contributed by atoms with van der Waals surface area (Å²) in [5.74, 6) is 0.0298. The molecule has 25 heavy (non-hydrogen) atoms. The number of nitrogens with zero attached hydrogens (tertiary/aromatic N) is 2. The molecule has 0 aromatic heterocycles. The van der Waals surface area contributed by atoms with Crippen LogP contribution in [0.4, 0.5) is 4.39 Å². The van der Waals surface area contributed by atoms with Crippen molar-refractivity contribution in [3.63, 3.8) is 0 Å². The highest BCUT2D eigenvalue weighted by molar-refractivity contribution is 5.77. The van der Waals surface area contributed by atoms with Gasteiger partial charge in [-0.25, -0.2) is 4.39 Å². The Morgan fingerprint density at radius 2 is 2.00 bits per heavy atom. The van der Waals surface area contributed by atoms with E-state index in [1.54, 1.807) is 19.9 Å². The van der Waals surface area contributed by atoms with Gasteiger partial charge in [0.05, 0.1) is 6.10 Å². The first-order valence-corrected chi connectivity index (χ1v) is 9.30. The number of benzene rings is 1. The summed E-state index contributed by atoms with van der Waals surface area (Å²) in [5, 5.41) is 9.63. The van der Waals surface area contributed by atoms with Crippen molar-refractivity contribution in [1.82, 2.24) is 9.80 Å². The fourth-order valence-corrected chi connectivity index (χ4v) is 4.24. The maximum atomic E-state index is 13.4. The summed E-state index contributed by atoms with van der Waals surface area (Å²) in [6.07, 6.45) is 3.25. The third-order valence-corrected chi connectivity index (χ3v) is 5.78. The second-order valence-electron chi connectivity index (χ2n) is 7.98. The molecule has 4 nitrogen and oxygen atoms in total. The van der Waals surface area contributed by atoms with Crippen LogP contribution in [0.1, 0.15) is 43.7 Å². The highest BCUT2D eigenvalue weighted by atomic mass is 19.1. The number of aryl methyl sites for hydroxylation is 1. The first kappa shape index (κ1) is 18.3. The average molecular weight is 348 g/mol. The molecule has 1 N–H and O–H groups in total. The molecular weight excluding hydrogens is 319 g/mol. The van der Waals surface area contributed by atoms with E-state index in [9.17, 15) is 14.3 Å². The highest BCUT2D eigenvalue weighted by Crippen LogP contribution is 2.40. The van der Waals surface area contributed by atoms with E-state index >= 15 is 0 Å². The lowest BCUT2D eigenvalue weighted by Crippen LogP contribution is -2.52. The first-order valence-electron chi connectivity index (χ1n) is 9.30. The number of amides is 1. The number of carbonyl (C=O) groups is 1. The minimum absolute atomic E-state index is 0.147. The van der Waals surface area contributed by atoms with Crippen LogP contribution in [0.5, 0.6) is 0 Å². The number of aliphatic hydroxyl groups excluding tert-OH is 1. The van der Waals surface area contributed by atoms with Crippen LogP contribution in [0.3, 0.4) is 0 Å². The van der Waals surface area contributed by atoms with Crippen LogP contribution in [-0.4, -0.2) is 53.1 Å². The highest BCUT2D eigenvalue weighted by Gasteiger charge is 2.41. The quantitative estimate of drug-likeness (QED) is 0.910. The molecule has 1 unspecified atom stereocenters. The molecule has 2 saturated heterocycles. The van der Waals surface area contributed by atoms with Crippen molar-refractivity contribution >= 4 is 5.91 Å². The Labute approximate surface area is 149 Å². The van der Waals surface area contributed by atoms with Gasteiger partial charge in [0, 0.05) is 26.1 Å². The van der Waals surface area contributed by atoms with Crippen LogP contribution in [0, 0.1) is 18.2 Å². The van der Waals surface area contributed by atoms with Crippen LogP contribution in [0.25, 0.3) is 0 Å². The van der Waals surface area contributed by atoms with Crippen molar-refractivity contribution in [2.75, 3.05) is 26.2 Å². The van der Waals surface area contributed by atoms with Crippen LogP contribution < -0.4 is 0 Å². The Balaban J connectivity index is 1.57. The normalized spacial score (nSPS) is 22.4. The van der Waals surface area contributed by atoms with E-state index in [2.05, 4.69) is 4.90 Å². The number of aliphatic hydroxyl groups is 1. The molecule has 1 spiro atoms. The molecular formula is C20H29FN2O2. The van der Waals surface area contributed by atoms with Gasteiger partial charge < -0.3 is 10.0 Å². The molecule has 3 rings (SSSR count). The molecule has 0 bridgehead atoms. The van der Waals surface area contributed by atoms with Crippen molar-refractivity contribution in [2.45, 2.75) is 52.2 Å². The summed E-state index contributed by atoms with van der Waals surface area (Å²) in [4.78, 5) is 16.4. The number of halogens is 1. The van der Waals surface area contributed by atoms with Crippen LogP contribution >= 0.6 is 0 Å². The first-order chi connectivity index (χ1) is 11.9. The van der Waals surface area contributed by atoms with Gasteiger partial charge >= 0.3 is 0 Å². The molecule has 2 fully saturated rings. The van der Waals surface area contributed by atoms with Gasteiger partial charge in [0.15, 0.2) is 0 Å². The van der Waals surface area contributed by atoms with E-state index in [-0.39, 0.29) is 17.1 Å². The van der Waals surface area contributed by atoms with E-state index in [1.807, 2.05) is 17.0 Å². The Kier molecular flexibility index (Phi) is 5.44. The maximum absolute atomic E-state index is 13.4. The summed E-state index contributed by atoms with van der Waals surface area (Å²) < 4.78 is 13.4. The SMILES string of the molecule is Cc1cc(CN2CCC3(CCC(=O)N(CC(C)O)C3)CC2)ccc1F. The largest absolute Gasteiger partial charge is 0.392 e. The predicted molar refractivity (Wildman–Crippen MR) is 95.6 cm³/mol. The van der Waals surface area contributed by atoms with Crippen LogP contribution in [0.2, 0.25) is 0 Å². The Bertz CT molecular complexity index is 624. The summed E-state index contributed by atoms with van der Waals surface area (Å²) >= 11 is 0. The van der Waals surface area contributed by atoms with E-state index in [4.69, 9.17) is 0 Å². The molecule has 2 aliphatic rings. The zero-order valence-corrected chi connectivity index (χ0v) is 15.3. The lowest BCUT2D eigenvalue weighted by molar-refractivity contribution is -0.140. The van der Waals surface area contributed by atoms with Crippen molar-refractivity contribution in [3.05, 3.63) is 35.1 Å². The van der Waals surface area contributed by atoms with E-state index in [0.29, 0.717) is 18.5 Å². The van der Waals surface area contributed by atoms with Crippen molar-refractivity contribution in [2.24, 2.45) is 5.41 Å². The minimum Gasteiger partial charge on any atom is -0.392 e. The van der Waals surface area contributed by atoms with Gasteiger partial charge in [-0.15, -0.1) is 0 Å². The smallest absolute Gasteiger partial charge is 0.222 e. The lowest BCUT2D eigenvalue weighted by Gasteiger charge is -2.47. The summed E-state index contributed by atoms with van der Waals surface area (Å²) in [6, 6.07) is 5.36. The van der Waals surface area contributed by atoms with Crippen molar-refractivity contribution in [1.29, 1.82) is 0 Å². The number of hydrogen-bond acceptors (Lipinski definition) is 3. The molecule has 1 amide bonds. The number of hydrogen-bond donors (Lipinski definition) is 1. The topological polar surface area (TPSA) is 43.8 Å². The molecule has 5 heteroatoms. The van der Waals surface area contributed by atoms with E-state index < -0.39 is 6.10 Å². The summed E-state index contributed by atoms with van der Waals surface area (Å²) in [6.45, 7) is 7.63. The van der Waals surface area contributed by atoms with E-state index in [0.717, 1.165) is 51.0 Å². The molecule has 1 aromatic rings. The third kappa shape index (κ3) is 4.39. The molecule has 1 aromatic carbocycles. The second kappa shape index (κ2) is 7.42. The zero-order chi connectivity index (χ0) is 18.0. The molecule has 138 valence electrons. The van der Waals surface area contributed by atoms with Gasteiger partial charge in [-0.3, -0.25) is 9.69 Å². The standard InChI is InChI=1S/C20H29FN2O2/c1-15-11-17(3-4-18(15)21)13-22-9-7-20(8-10-22)6-5-19(25)23(14-20)12-16(2)24/h3-4,11,16,24H,5-10,12-14H2,1-2H3. The lowest BCUT2D eigenvalue weighted by atomic mass is 9.72. The molecule has 0 saturated carbocycles. The monoisotopic (exact) mass is 348 g/mol. The van der Waals surface area contributed by atoms with Crippen LogP contribution in [-0.2, 0) is 11.3 Å². The van der Waals surface area contributed by atoms with Crippen LogP contribution in [0.15, 0.2) is 18.2 Å². The van der Waals surface area contributed by atoms with Crippen molar-refractivity contribution in [3.8, 4) is 0 Å². The van der Waals surface area contributed by atoms with Gasteiger partial charge in [-0.2, -0.15) is 0 Å². The minimum atomic E-state index is -0.471. The molecule has 2 heterocycles. The van der Waals surface area contributed by atoms with Gasteiger partial charge in [0.1, 0.15) is 5.82 Å². The number of rotatable bonds is 4. The Morgan fingerprint density at radius 1 is 1.28 bits per heavy atom. The van der Waals surface area contributed by atoms with Gasteiger partial charge in [0.25, 0.3) is 0 Å². The Morgan fingerprint density at radius 3 is 2.64 bits per heavy atom. The maximum Gasteiger partial charge on any atom is 0.222 e. The second-order valence-corrected chi connectivity index (χ2v) is 7.98. The molecule has 0 radical (unpaired) electrons. The number of likely N-dealkylation sites (tertiary alicyclic amines) is 2. The predicted octanol–water partition coefficient (Wildman–Crippen LogP) is 2.72. The zero-order valence-electron chi connectivity index (χ0n) is 15.3. The molecule has 0 aliphatic carbocycles. The summed E-state index contributed by atoms with van der Waals surface area (Å²) in [5.41, 5.74) is 2.06. The average Bonchev–Trinajstić information content (AvgIpc) is 2.56. The van der Waals surface area contributed by atoms with Gasteiger partial charge in [-0.1, -0.05) is 12.1 Å². The molecule has 1 atom stereocenters. The number of piperidine rings is 2. The number of β-amino-alcohol motifs (C(OH)–C–C–N with tert-alkyl or cyclic N) is 1. The summed E-state index contributed by atoms with van der Waals surface area (Å²) in [7, 11) is 0. The Hall–Kier alpha value is -1.46. The number of carbonyl (C=O) groups excluding carboxylic acids is 1. The fraction of sp³-hybridized carbons (Fsp3) is 0.650.